The van der Waals surface area contributed by atoms with Gasteiger partial charge in [0.05, 0.1) is 12.1 Å². The average Bonchev–Trinajstić information content (AvgIpc) is 2.64. The number of hydrogen-bond donors (Lipinski definition) is 2. The zero-order valence-corrected chi connectivity index (χ0v) is 16.4. The Kier molecular flexibility index (Phi) is 6.89. The van der Waals surface area contributed by atoms with E-state index in [0.717, 1.165) is 12.1 Å². The highest BCUT2D eigenvalue weighted by Crippen LogP contribution is 2.31. The lowest BCUT2D eigenvalue weighted by molar-refractivity contribution is -0.137. The van der Waals surface area contributed by atoms with Gasteiger partial charge in [-0.25, -0.2) is 0 Å². The molecule has 0 atom stereocenters. The molecule has 2 aromatic carbocycles. The molecule has 29 heavy (non-hydrogen) atoms. The van der Waals surface area contributed by atoms with E-state index in [-0.39, 0.29) is 30.7 Å². The lowest BCUT2D eigenvalue weighted by Crippen LogP contribution is -2.29. The van der Waals surface area contributed by atoms with Crippen LogP contribution in [0.1, 0.15) is 36.7 Å². The van der Waals surface area contributed by atoms with Gasteiger partial charge in [0.1, 0.15) is 12.4 Å². The fraction of sp³-hybridized carbons (Fsp3) is 0.333. The molecule has 0 spiro atoms. The molecule has 0 aliphatic carbocycles. The minimum atomic E-state index is -4.44. The summed E-state index contributed by atoms with van der Waals surface area (Å²) in [6, 6.07) is 11.0. The van der Waals surface area contributed by atoms with Crippen LogP contribution in [0.15, 0.2) is 48.5 Å². The Labute approximate surface area is 167 Å². The highest BCUT2D eigenvalue weighted by molar-refractivity contribution is 5.98. The quantitative estimate of drug-likeness (QED) is 0.692. The monoisotopic (exact) mass is 408 g/mol. The van der Waals surface area contributed by atoms with E-state index < -0.39 is 17.2 Å². The van der Waals surface area contributed by atoms with E-state index >= 15 is 0 Å². The van der Waals surface area contributed by atoms with E-state index in [9.17, 15) is 22.8 Å². The minimum absolute atomic E-state index is 0.00744. The van der Waals surface area contributed by atoms with E-state index in [1.54, 1.807) is 45.0 Å². The molecule has 2 rings (SSSR count). The Balaban J connectivity index is 1.87. The second kappa shape index (κ2) is 8.98. The summed E-state index contributed by atoms with van der Waals surface area (Å²) in [6.45, 7) is 5.46. The van der Waals surface area contributed by atoms with Crippen molar-refractivity contribution in [2.45, 2.75) is 26.9 Å². The van der Waals surface area contributed by atoms with Crippen molar-refractivity contribution in [3.05, 3.63) is 59.7 Å². The molecule has 0 fully saturated rings. The molecular weight excluding hydrogens is 385 g/mol. The molecular formula is C21H23F3N2O3. The summed E-state index contributed by atoms with van der Waals surface area (Å²) in [5, 5.41) is 5.37. The van der Waals surface area contributed by atoms with Crippen LogP contribution in [-0.2, 0) is 11.0 Å². The molecule has 2 aromatic rings. The number of benzene rings is 2. The average molecular weight is 408 g/mol. The van der Waals surface area contributed by atoms with Gasteiger partial charge < -0.3 is 15.4 Å². The van der Waals surface area contributed by atoms with Crippen molar-refractivity contribution in [3.8, 4) is 5.75 Å². The van der Waals surface area contributed by atoms with Gasteiger partial charge in [0.15, 0.2) is 0 Å². The topological polar surface area (TPSA) is 67.4 Å². The number of carbonyl (C=O) groups excluding carboxylic acids is 2. The standard InChI is InChI=1S/C21H23F3N2O3/c1-20(2,3)19(28)26-16-8-4-6-14(12-16)18(27)25-10-11-29-17-9-5-7-15(13-17)21(22,23)24/h4-9,12-13H,10-11H2,1-3H3,(H,25,27)(H,26,28). The van der Waals surface area contributed by atoms with E-state index in [1.165, 1.54) is 12.1 Å². The number of hydrogen-bond acceptors (Lipinski definition) is 3. The van der Waals surface area contributed by atoms with Crippen LogP contribution in [0.5, 0.6) is 5.75 Å². The van der Waals surface area contributed by atoms with Crippen LogP contribution in [0, 0.1) is 5.41 Å². The number of halogens is 3. The van der Waals surface area contributed by atoms with Crippen molar-refractivity contribution in [1.82, 2.24) is 5.32 Å². The van der Waals surface area contributed by atoms with E-state index in [4.69, 9.17) is 4.74 Å². The normalized spacial score (nSPS) is 11.7. The highest BCUT2D eigenvalue weighted by atomic mass is 19.4. The molecule has 0 radical (unpaired) electrons. The Morgan fingerprint density at radius 3 is 2.34 bits per heavy atom. The fourth-order valence-electron chi connectivity index (χ4n) is 2.25. The molecule has 0 saturated heterocycles. The number of alkyl halides is 3. The molecule has 0 heterocycles. The van der Waals surface area contributed by atoms with Crippen LogP contribution in [0.25, 0.3) is 0 Å². The maximum absolute atomic E-state index is 12.7. The van der Waals surface area contributed by atoms with Gasteiger partial charge in [-0.15, -0.1) is 0 Å². The zero-order chi connectivity index (χ0) is 21.7. The Morgan fingerprint density at radius 1 is 1.00 bits per heavy atom. The number of amides is 2. The molecule has 156 valence electrons. The first kappa shape index (κ1) is 22.3. The zero-order valence-electron chi connectivity index (χ0n) is 16.4. The van der Waals surface area contributed by atoms with Gasteiger partial charge in [0, 0.05) is 16.7 Å². The first-order valence-corrected chi connectivity index (χ1v) is 8.96. The third-order valence-electron chi connectivity index (χ3n) is 3.88. The molecule has 2 amide bonds. The first-order chi connectivity index (χ1) is 13.5. The van der Waals surface area contributed by atoms with Gasteiger partial charge >= 0.3 is 6.18 Å². The summed E-state index contributed by atoms with van der Waals surface area (Å²) in [6.07, 6.45) is -4.44. The smallest absolute Gasteiger partial charge is 0.416 e. The fourth-order valence-corrected chi connectivity index (χ4v) is 2.25. The van der Waals surface area contributed by atoms with E-state index in [2.05, 4.69) is 10.6 Å². The third-order valence-corrected chi connectivity index (χ3v) is 3.88. The van der Waals surface area contributed by atoms with Crippen LogP contribution in [0.2, 0.25) is 0 Å². The predicted octanol–water partition coefficient (Wildman–Crippen LogP) is 4.50. The van der Waals surface area contributed by atoms with Crippen molar-refractivity contribution in [1.29, 1.82) is 0 Å². The van der Waals surface area contributed by atoms with Gasteiger partial charge in [-0.05, 0) is 36.4 Å². The summed E-state index contributed by atoms with van der Waals surface area (Å²) in [7, 11) is 0. The Bertz CT molecular complexity index is 874. The number of carbonyl (C=O) groups is 2. The lowest BCUT2D eigenvalue weighted by Gasteiger charge is -2.18. The molecule has 5 nitrogen and oxygen atoms in total. The van der Waals surface area contributed by atoms with Crippen molar-refractivity contribution in [2.24, 2.45) is 5.41 Å². The summed E-state index contributed by atoms with van der Waals surface area (Å²) < 4.78 is 43.3. The number of rotatable bonds is 6. The minimum Gasteiger partial charge on any atom is -0.492 e. The summed E-state index contributed by atoms with van der Waals surface area (Å²) >= 11 is 0. The summed E-state index contributed by atoms with van der Waals surface area (Å²) in [5.41, 5.74) is -0.527. The van der Waals surface area contributed by atoms with Gasteiger partial charge in [-0.3, -0.25) is 9.59 Å². The molecule has 0 unspecified atom stereocenters. The maximum atomic E-state index is 12.7. The Morgan fingerprint density at radius 2 is 1.69 bits per heavy atom. The van der Waals surface area contributed by atoms with Crippen LogP contribution in [0.4, 0.5) is 18.9 Å². The SMILES string of the molecule is CC(C)(C)C(=O)Nc1cccc(C(=O)NCCOc2cccc(C(F)(F)F)c2)c1. The predicted molar refractivity (Wildman–Crippen MR) is 104 cm³/mol. The molecule has 8 heteroatoms. The molecule has 0 aliphatic rings. The van der Waals surface area contributed by atoms with Crippen molar-refractivity contribution in [2.75, 3.05) is 18.5 Å². The first-order valence-electron chi connectivity index (χ1n) is 8.96. The summed E-state index contributed by atoms with van der Waals surface area (Å²) in [5.74, 6) is -0.491. The van der Waals surface area contributed by atoms with E-state index in [0.29, 0.717) is 11.3 Å². The molecule has 2 N–H and O–H groups in total. The summed E-state index contributed by atoms with van der Waals surface area (Å²) in [4.78, 5) is 24.3. The van der Waals surface area contributed by atoms with Crippen LogP contribution < -0.4 is 15.4 Å². The number of anilines is 1. The molecule has 0 bridgehead atoms. The third kappa shape index (κ3) is 6.81. The number of ether oxygens (including phenoxy) is 1. The molecule has 0 aliphatic heterocycles. The second-order valence-corrected chi connectivity index (χ2v) is 7.41. The molecule has 0 aromatic heterocycles. The number of nitrogens with one attached hydrogen (secondary N) is 2. The maximum Gasteiger partial charge on any atom is 0.416 e. The Hall–Kier alpha value is -3.03. The highest BCUT2D eigenvalue weighted by Gasteiger charge is 2.30. The van der Waals surface area contributed by atoms with Crippen LogP contribution >= 0.6 is 0 Å². The largest absolute Gasteiger partial charge is 0.492 e. The van der Waals surface area contributed by atoms with Gasteiger partial charge in [0.2, 0.25) is 5.91 Å². The van der Waals surface area contributed by atoms with Crippen molar-refractivity contribution >= 4 is 17.5 Å². The molecule has 0 saturated carbocycles. The van der Waals surface area contributed by atoms with Crippen LogP contribution in [-0.4, -0.2) is 25.0 Å². The van der Waals surface area contributed by atoms with Gasteiger partial charge in [-0.1, -0.05) is 32.9 Å². The van der Waals surface area contributed by atoms with Gasteiger partial charge in [0.25, 0.3) is 5.91 Å². The lowest BCUT2D eigenvalue weighted by atomic mass is 9.95. The van der Waals surface area contributed by atoms with Crippen molar-refractivity contribution in [3.63, 3.8) is 0 Å². The second-order valence-electron chi connectivity index (χ2n) is 7.41. The van der Waals surface area contributed by atoms with Crippen LogP contribution in [0.3, 0.4) is 0 Å². The van der Waals surface area contributed by atoms with E-state index in [1.807, 2.05) is 0 Å². The van der Waals surface area contributed by atoms with Gasteiger partial charge in [-0.2, -0.15) is 13.2 Å². The van der Waals surface area contributed by atoms with Crippen molar-refractivity contribution < 1.29 is 27.5 Å².